The van der Waals surface area contributed by atoms with E-state index >= 15 is 0 Å². The number of likely N-dealkylation sites (N-methyl/N-ethyl adjacent to an activating group) is 1. The monoisotopic (exact) mass is 378 g/mol. The van der Waals surface area contributed by atoms with Crippen LogP contribution in [-0.2, 0) is 4.79 Å². The van der Waals surface area contributed by atoms with E-state index in [-0.39, 0.29) is 30.3 Å². The quantitative estimate of drug-likeness (QED) is 0.785. The number of halogens is 1. The zero-order valence-electron chi connectivity index (χ0n) is 15.4. The molecule has 0 radical (unpaired) electrons. The summed E-state index contributed by atoms with van der Waals surface area (Å²) < 4.78 is 0. The third-order valence-electron chi connectivity index (χ3n) is 6.29. The van der Waals surface area contributed by atoms with Gasteiger partial charge in [0.25, 0.3) is 5.91 Å². The summed E-state index contributed by atoms with van der Waals surface area (Å²) in [6.07, 6.45) is 3.38. The Labute approximate surface area is 160 Å². The van der Waals surface area contributed by atoms with Gasteiger partial charge < -0.3 is 20.4 Å². The maximum absolute atomic E-state index is 12.9. The largest absolute Gasteiger partial charge is 0.361 e. The molecule has 142 valence electrons. The van der Waals surface area contributed by atoms with Gasteiger partial charge in [-0.1, -0.05) is 0 Å². The molecule has 3 heterocycles. The summed E-state index contributed by atoms with van der Waals surface area (Å²) in [5.41, 5.74) is 2.74. The molecule has 0 bridgehead atoms. The van der Waals surface area contributed by atoms with Crippen LogP contribution in [0.3, 0.4) is 0 Å². The van der Waals surface area contributed by atoms with Gasteiger partial charge in [-0.25, -0.2) is 0 Å². The fourth-order valence-electron chi connectivity index (χ4n) is 4.29. The molecular weight excluding hydrogens is 352 g/mol. The van der Waals surface area contributed by atoms with Gasteiger partial charge in [0.05, 0.1) is 11.4 Å². The molecule has 1 spiro atoms. The second kappa shape index (κ2) is 7.08. The molecule has 3 aliphatic rings. The van der Waals surface area contributed by atoms with E-state index in [1.807, 2.05) is 42.0 Å². The van der Waals surface area contributed by atoms with E-state index in [9.17, 15) is 9.59 Å². The number of anilines is 2. The predicted molar refractivity (Wildman–Crippen MR) is 105 cm³/mol. The Hall–Kier alpha value is -1.79. The average molecular weight is 379 g/mol. The van der Waals surface area contributed by atoms with Gasteiger partial charge >= 0.3 is 0 Å². The highest BCUT2D eigenvalue weighted by Gasteiger charge is 2.38. The third kappa shape index (κ3) is 3.16. The first-order valence-electron chi connectivity index (χ1n) is 9.17. The summed E-state index contributed by atoms with van der Waals surface area (Å²) in [5, 5.41) is 6.37. The highest BCUT2D eigenvalue weighted by Crippen LogP contribution is 2.38. The van der Waals surface area contributed by atoms with Crippen LogP contribution >= 0.6 is 12.4 Å². The van der Waals surface area contributed by atoms with E-state index in [1.54, 1.807) is 0 Å². The second-order valence-electron chi connectivity index (χ2n) is 7.73. The normalized spacial score (nSPS) is 24.1. The van der Waals surface area contributed by atoms with Crippen LogP contribution in [0.2, 0.25) is 0 Å². The molecule has 0 saturated carbocycles. The molecular formula is C19H27ClN4O2. The lowest BCUT2D eigenvalue weighted by Crippen LogP contribution is -2.45. The molecule has 2 fully saturated rings. The number of hydrogen-bond acceptors (Lipinski definition) is 4. The topological polar surface area (TPSA) is 64.7 Å². The standard InChI is InChI=1S/C19H26N4O2.ClH/c1-13-17(24)21-15-11-14(3-4-16(15)22(13)2)18(25)23-9-6-19(7-10-23)5-8-20-12-19;/h3-4,11,13,20H,5-10,12H2,1-2H3,(H,21,24);1H. The van der Waals surface area contributed by atoms with Crippen molar-refractivity contribution in [3.8, 4) is 0 Å². The highest BCUT2D eigenvalue weighted by molar-refractivity contribution is 6.05. The maximum atomic E-state index is 12.9. The van der Waals surface area contributed by atoms with Crippen LogP contribution in [0.25, 0.3) is 0 Å². The summed E-state index contributed by atoms with van der Waals surface area (Å²) in [5.74, 6) is 0.0346. The van der Waals surface area contributed by atoms with Crippen LogP contribution in [0.15, 0.2) is 18.2 Å². The fourth-order valence-corrected chi connectivity index (χ4v) is 4.29. The summed E-state index contributed by atoms with van der Waals surface area (Å²) in [6.45, 7) is 5.70. The molecule has 7 heteroatoms. The number of fused-ring (bicyclic) bond motifs is 1. The molecule has 0 aliphatic carbocycles. The molecule has 4 rings (SSSR count). The zero-order valence-corrected chi connectivity index (χ0v) is 16.2. The number of piperidine rings is 1. The SMILES string of the molecule is CC1C(=O)Nc2cc(C(=O)N3CCC4(CCNC4)CC3)ccc2N1C.Cl. The van der Waals surface area contributed by atoms with E-state index < -0.39 is 0 Å². The molecule has 1 aromatic carbocycles. The van der Waals surface area contributed by atoms with E-state index in [0.717, 1.165) is 50.4 Å². The van der Waals surface area contributed by atoms with E-state index in [4.69, 9.17) is 0 Å². The van der Waals surface area contributed by atoms with Gasteiger partial charge in [-0.05, 0) is 56.3 Å². The first kappa shape index (κ1) is 19.0. The molecule has 2 N–H and O–H groups in total. The smallest absolute Gasteiger partial charge is 0.253 e. The van der Waals surface area contributed by atoms with Gasteiger partial charge in [-0.2, -0.15) is 0 Å². The van der Waals surface area contributed by atoms with Gasteiger partial charge in [0, 0.05) is 32.2 Å². The fraction of sp³-hybridized carbons (Fsp3) is 0.579. The number of amides is 2. The lowest BCUT2D eigenvalue weighted by molar-refractivity contribution is -0.117. The zero-order chi connectivity index (χ0) is 17.6. The Morgan fingerprint density at radius 2 is 1.96 bits per heavy atom. The van der Waals surface area contributed by atoms with Crippen molar-refractivity contribution >= 4 is 35.6 Å². The molecule has 2 saturated heterocycles. The third-order valence-corrected chi connectivity index (χ3v) is 6.29. The molecule has 1 aromatic rings. The second-order valence-corrected chi connectivity index (χ2v) is 7.73. The Kier molecular flexibility index (Phi) is 5.17. The number of carbonyl (C=O) groups is 2. The van der Waals surface area contributed by atoms with Crippen LogP contribution in [0.4, 0.5) is 11.4 Å². The number of nitrogens with one attached hydrogen (secondary N) is 2. The van der Waals surface area contributed by atoms with Crippen molar-refractivity contribution in [2.75, 3.05) is 43.4 Å². The first-order valence-corrected chi connectivity index (χ1v) is 9.17. The number of rotatable bonds is 1. The number of benzene rings is 1. The number of carbonyl (C=O) groups excluding carboxylic acids is 2. The van der Waals surface area contributed by atoms with Crippen LogP contribution in [0.1, 0.15) is 36.5 Å². The Balaban J connectivity index is 0.00000196. The van der Waals surface area contributed by atoms with Crippen molar-refractivity contribution in [1.29, 1.82) is 0 Å². The molecule has 3 aliphatic heterocycles. The minimum absolute atomic E-state index is 0. The Morgan fingerprint density at radius 3 is 2.62 bits per heavy atom. The van der Waals surface area contributed by atoms with Crippen molar-refractivity contribution in [3.63, 3.8) is 0 Å². The van der Waals surface area contributed by atoms with E-state index in [0.29, 0.717) is 11.0 Å². The molecule has 26 heavy (non-hydrogen) atoms. The summed E-state index contributed by atoms with van der Waals surface area (Å²) in [7, 11) is 1.91. The van der Waals surface area contributed by atoms with Crippen LogP contribution in [0, 0.1) is 5.41 Å². The first-order chi connectivity index (χ1) is 12.0. The summed E-state index contributed by atoms with van der Waals surface area (Å²) in [6, 6.07) is 5.43. The van der Waals surface area contributed by atoms with Gasteiger partial charge in [0.1, 0.15) is 6.04 Å². The number of likely N-dealkylation sites (tertiary alicyclic amines) is 1. The Bertz CT molecular complexity index is 707. The van der Waals surface area contributed by atoms with Crippen molar-refractivity contribution in [3.05, 3.63) is 23.8 Å². The van der Waals surface area contributed by atoms with Gasteiger partial charge in [-0.15, -0.1) is 12.4 Å². The highest BCUT2D eigenvalue weighted by atomic mass is 35.5. The van der Waals surface area contributed by atoms with Crippen LogP contribution in [-0.4, -0.2) is 56.0 Å². The lowest BCUT2D eigenvalue weighted by atomic mass is 9.78. The van der Waals surface area contributed by atoms with Crippen LogP contribution in [0.5, 0.6) is 0 Å². The molecule has 1 unspecified atom stereocenters. The minimum atomic E-state index is -0.202. The molecule has 2 amide bonds. The van der Waals surface area contributed by atoms with Gasteiger partial charge in [0.15, 0.2) is 0 Å². The van der Waals surface area contributed by atoms with E-state index in [2.05, 4.69) is 10.6 Å². The summed E-state index contributed by atoms with van der Waals surface area (Å²) >= 11 is 0. The van der Waals surface area contributed by atoms with Gasteiger partial charge in [-0.3, -0.25) is 9.59 Å². The Morgan fingerprint density at radius 1 is 1.23 bits per heavy atom. The van der Waals surface area contributed by atoms with Crippen molar-refractivity contribution in [2.45, 2.75) is 32.2 Å². The number of hydrogen-bond donors (Lipinski definition) is 2. The maximum Gasteiger partial charge on any atom is 0.253 e. The molecule has 1 atom stereocenters. The average Bonchev–Trinajstić information content (AvgIpc) is 3.07. The minimum Gasteiger partial charge on any atom is -0.361 e. The van der Waals surface area contributed by atoms with Crippen molar-refractivity contribution in [1.82, 2.24) is 10.2 Å². The van der Waals surface area contributed by atoms with E-state index in [1.165, 1.54) is 6.42 Å². The molecule has 0 aromatic heterocycles. The van der Waals surface area contributed by atoms with Gasteiger partial charge in [0.2, 0.25) is 5.91 Å². The van der Waals surface area contributed by atoms with Crippen molar-refractivity contribution in [2.24, 2.45) is 5.41 Å². The summed E-state index contributed by atoms with van der Waals surface area (Å²) in [4.78, 5) is 28.8. The van der Waals surface area contributed by atoms with Crippen LogP contribution < -0.4 is 15.5 Å². The predicted octanol–water partition coefficient (Wildman–Crippen LogP) is 2.10. The lowest BCUT2D eigenvalue weighted by Gasteiger charge is -2.39. The van der Waals surface area contributed by atoms with Crippen molar-refractivity contribution < 1.29 is 9.59 Å². The number of nitrogens with zero attached hydrogens (tertiary/aromatic N) is 2. The molecule has 6 nitrogen and oxygen atoms in total.